The number of allylic oxidation sites excluding steroid dienone is 2. The predicted molar refractivity (Wildman–Crippen MR) is 107 cm³/mol. The number of amides is 2. The highest BCUT2D eigenvalue weighted by Crippen LogP contribution is 2.20. The summed E-state index contributed by atoms with van der Waals surface area (Å²) in [4.78, 5) is 36.8. The molecule has 0 aliphatic heterocycles. The number of anilines is 2. The maximum Gasteiger partial charge on any atom is 0.309 e. The van der Waals surface area contributed by atoms with Crippen LogP contribution in [0.4, 0.5) is 15.8 Å². The Labute approximate surface area is 167 Å². The summed E-state index contributed by atoms with van der Waals surface area (Å²) in [5, 5.41) is 5.24. The first-order chi connectivity index (χ1) is 14.0. The first kappa shape index (κ1) is 20.3. The van der Waals surface area contributed by atoms with Crippen LogP contribution in [0.25, 0.3) is 0 Å². The van der Waals surface area contributed by atoms with Gasteiger partial charge in [-0.05, 0) is 55.7 Å². The Kier molecular flexibility index (Phi) is 6.73. The highest BCUT2D eigenvalue weighted by molar-refractivity contribution is 6.10. The Morgan fingerprint density at radius 1 is 1.00 bits per heavy atom. The van der Waals surface area contributed by atoms with E-state index in [2.05, 4.69) is 10.6 Å². The Morgan fingerprint density at radius 2 is 1.76 bits per heavy atom. The molecule has 7 heteroatoms. The van der Waals surface area contributed by atoms with E-state index in [0.717, 1.165) is 6.42 Å². The summed E-state index contributed by atoms with van der Waals surface area (Å²) < 4.78 is 18.1. The number of benzene rings is 2. The van der Waals surface area contributed by atoms with Crippen molar-refractivity contribution in [2.75, 3.05) is 17.2 Å². The van der Waals surface area contributed by atoms with Gasteiger partial charge in [0.05, 0.1) is 17.2 Å². The molecule has 0 saturated carbocycles. The van der Waals surface area contributed by atoms with Gasteiger partial charge in [0.15, 0.2) is 6.61 Å². The van der Waals surface area contributed by atoms with Crippen molar-refractivity contribution in [2.24, 2.45) is 5.92 Å². The van der Waals surface area contributed by atoms with Crippen molar-refractivity contribution >= 4 is 29.2 Å². The molecule has 150 valence electrons. The Bertz CT molecular complexity index is 925. The maximum absolute atomic E-state index is 13.0. The fourth-order valence-electron chi connectivity index (χ4n) is 2.97. The topological polar surface area (TPSA) is 84.5 Å². The normalized spacial score (nSPS) is 15.4. The third-order valence-corrected chi connectivity index (χ3v) is 4.50. The van der Waals surface area contributed by atoms with E-state index in [1.807, 2.05) is 12.2 Å². The van der Waals surface area contributed by atoms with Crippen LogP contribution >= 0.6 is 0 Å². The number of hydrogen-bond acceptors (Lipinski definition) is 4. The van der Waals surface area contributed by atoms with Crippen LogP contribution in [0.2, 0.25) is 0 Å². The number of halogens is 1. The average Bonchev–Trinajstić information content (AvgIpc) is 2.74. The van der Waals surface area contributed by atoms with Gasteiger partial charge in [0.25, 0.3) is 11.8 Å². The minimum Gasteiger partial charge on any atom is -0.455 e. The highest BCUT2D eigenvalue weighted by atomic mass is 19.1. The van der Waals surface area contributed by atoms with Crippen molar-refractivity contribution in [1.29, 1.82) is 0 Å². The van der Waals surface area contributed by atoms with E-state index in [0.29, 0.717) is 18.5 Å². The molecule has 0 fully saturated rings. The van der Waals surface area contributed by atoms with Gasteiger partial charge in [-0.2, -0.15) is 0 Å². The molecular formula is C22H21FN2O4. The van der Waals surface area contributed by atoms with Gasteiger partial charge in [-0.15, -0.1) is 0 Å². The predicted octanol–water partition coefficient (Wildman–Crippen LogP) is 3.92. The third kappa shape index (κ3) is 5.75. The van der Waals surface area contributed by atoms with Crippen LogP contribution in [0.5, 0.6) is 0 Å². The monoisotopic (exact) mass is 396 g/mol. The second-order valence-electron chi connectivity index (χ2n) is 6.64. The number of para-hydroxylation sites is 1. The van der Waals surface area contributed by atoms with Gasteiger partial charge in [0.1, 0.15) is 5.82 Å². The summed E-state index contributed by atoms with van der Waals surface area (Å²) in [7, 11) is 0. The largest absolute Gasteiger partial charge is 0.455 e. The van der Waals surface area contributed by atoms with E-state index in [-0.39, 0.29) is 17.2 Å². The molecule has 0 radical (unpaired) electrons. The van der Waals surface area contributed by atoms with Crippen LogP contribution in [0, 0.1) is 11.7 Å². The summed E-state index contributed by atoms with van der Waals surface area (Å²) in [5.74, 6) is -2.02. The highest BCUT2D eigenvalue weighted by Gasteiger charge is 2.21. The second kappa shape index (κ2) is 9.64. The third-order valence-electron chi connectivity index (χ3n) is 4.50. The van der Waals surface area contributed by atoms with Crippen LogP contribution in [-0.2, 0) is 14.3 Å². The molecule has 1 aliphatic carbocycles. The van der Waals surface area contributed by atoms with Crippen molar-refractivity contribution in [3.63, 3.8) is 0 Å². The van der Waals surface area contributed by atoms with Crippen molar-refractivity contribution in [2.45, 2.75) is 19.3 Å². The summed E-state index contributed by atoms with van der Waals surface area (Å²) in [5.41, 5.74) is 0.940. The van der Waals surface area contributed by atoms with Gasteiger partial charge < -0.3 is 15.4 Å². The smallest absolute Gasteiger partial charge is 0.309 e. The van der Waals surface area contributed by atoms with Crippen LogP contribution in [-0.4, -0.2) is 24.4 Å². The van der Waals surface area contributed by atoms with Gasteiger partial charge in [-0.25, -0.2) is 4.39 Å². The molecule has 2 N–H and O–H groups in total. The van der Waals surface area contributed by atoms with Crippen molar-refractivity contribution in [3.8, 4) is 0 Å². The van der Waals surface area contributed by atoms with Crippen molar-refractivity contribution < 1.29 is 23.5 Å². The summed E-state index contributed by atoms with van der Waals surface area (Å²) in [6, 6.07) is 11.8. The van der Waals surface area contributed by atoms with Gasteiger partial charge in [0, 0.05) is 5.69 Å². The van der Waals surface area contributed by atoms with Crippen LogP contribution < -0.4 is 10.6 Å². The molecule has 0 bridgehead atoms. The lowest BCUT2D eigenvalue weighted by atomic mass is 9.95. The number of carbonyl (C=O) groups is 3. The van der Waals surface area contributed by atoms with Crippen molar-refractivity contribution in [3.05, 3.63) is 72.1 Å². The van der Waals surface area contributed by atoms with Crippen molar-refractivity contribution in [1.82, 2.24) is 0 Å². The fraction of sp³-hybridized carbons (Fsp3) is 0.227. The Balaban J connectivity index is 1.58. The zero-order chi connectivity index (χ0) is 20.6. The second-order valence-corrected chi connectivity index (χ2v) is 6.64. The maximum atomic E-state index is 13.0. The molecule has 1 aliphatic rings. The molecular weight excluding hydrogens is 375 g/mol. The molecule has 1 atom stereocenters. The van der Waals surface area contributed by atoms with E-state index in [9.17, 15) is 18.8 Å². The zero-order valence-electron chi connectivity index (χ0n) is 15.7. The fourth-order valence-corrected chi connectivity index (χ4v) is 2.97. The number of hydrogen-bond donors (Lipinski definition) is 2. The van der Waals surface area contributed by atoms with E-state index in [1.165, 1.54) is 24.3 Å². The van der Waals surface area contributed by atoms with Crippen LogP contribution in [0.3, 0.4) is 0 Å². The van der Waals surface area contributed by atoms with Gasteiger partial charge in [-0.1, -0.05) is 24.3 Å². The molecule has 0 saturated heterocycles. The molecule has 29 heavy (non-hydrogen) atoms. The molecule has 6 nitrogen and oxygen atoms in total. The minimum absolute atomic E-state index is 0.221. The first-order valence-electron chi connectivity index (χ1n) is 9.30. The quantitative estimate of drug-likeness (QED) is 0.573. The molecule has 0 aromatic heterocycles. The first-order valence-corrected chi connectivity index (χ1v) is 9.30. The number of esters is 1. The van der Waals surface area contributed by atoms with E-state index in [4.69, 9.17) is 4.74 Å². The van der Waals surface area contributed by atoms with Crippen LogP contribution in [0.1, 0.15) is 29.6 Å². The van der Waals surface area contributed by atoms with Gasteiger partial charge in [-0.3, -0.25) is 14.4 Å². The lowest BCUT2D eigenvalue weighted by Crippen LogP contribution is -2.26. The van der Waals surface area contributed by atoms with Gasteiger partial charge >= 0.3 is 5.97 Å². The van der Waals surface area contributed by atoms with E-state index < -0.39 is 30.2 Å². The molecule has 2 aromatic carbocycles. The van der Waals surface area contributed by atoms with E-state index >= 15 is 0 Å². The number of rotatable bonds is 6. The van der Waals surface area contributed by atoms with Crippen LogP contribution in [0.15, 0.2) is 60.7 Å². The molecule has 0 spiro atoms. The lowest BCUT2D eigenvalue weighted by molar-refractivity contribution is -0.151. The molecule has 2 amide bonds. The molecule has 0 heterocycles. The number of carbonyl (C=O) groups excluding carboxylic acids is 3. The molecule has 0 unspecified atom stereocenters. The van der Waals surface area contributed by atoms with Gasteiger partial charge in [0.2, 0.25) is 0 Å². The molecule has 2 aromatic rings. The van der Waals surface area contributed by atoms with E-state index in [1.54, 1.807) is 24.3 Å². The molecule has 3 rings (SSSR count). The Hall–Kier alpha value is -3.48. The summed E-state index contributed by atoms with van der Waals surface area (Å²) >= 11 is 0. The number of ether oxygens (including phenoxy) is 1. The average molecular weight is 396 g/mol. The summed E-state index contributed by atoms with van der Waals surface area (Å²) in [6.45, 7) is -0.424. The summed E-state index contributed by atoms with van der Waals surface area (Å²) in [6.07, 6.45) is 6.11. The number of nitrogens with one attached hydrogen (secondary N) is 2. The zero-order valence-corrected chi connectivity index (χ0v) is 15.7. The lowest BCUT2D eigenvalue weighted by Gasteiger charge is -2.16. The standard InChI is InChI=1S/C22H21FN2O4/c23-16-10-12-17(13-11-16)24-21(27)18-8-4-5-9-19(18)25-20(26)14-29-22(28)15-6-2-1-3-7-15/h1-2,4-5,8-13,15H,3,6-7,14H2,(H,24,27)(H,25,26)/t15-/m0/s1. The Morgan fingerprint density at radius 3 is 2.48 bits per heavy atom. The minimum atomic E-state index is -0.535. The SMILES string of the molecule is O=C(COC(=O)[C@H]1CC=CCC1)Nc1ccccc1C(=O)Nc1ccc(F)cc1.